The smallest absolute Gasteiger partial charge is 0.272 e. The van der Waals surface area contributed by atoms with Gasteiger partial charge in [-0.3, -0.25) is 10.1 Å². The molecule has 0 radical (unpaired) electrons. The standard InChI is InChI=1S/C16H18N2O2/c1-12-8-9-15(10-16(12)18(19)20)13(2)17-11-14-6-4-3-5-7-14/h3-10,13,17H,11H2,1-2H3. The summed E-state index contributed by atoms with van der Waals surface area (Å²) in [6.07, 6.45) is 0. The molecule has 2 aromatic rings. The van der Waals surface area contributed by atoms with Gasteiger partial charge in [0.25, 0.3) is 5.69 Å². The fraction of sp³-hybridized carbons (Fsp3) is 0.250. The highest BCUT2D eigenvalue weighted by atomic mass is 16.6. The molecule has 2 aromatic carbocycles. The third-order valence-corrected chi connectivity index (χ3v) is 3.39. The Balaban J connectivity index is 2.07. The van der Waals surface area contributed by atoms with Crippen molar-refractivity contribution in [3.63, 3.8) is 0 Å². The van der Waals surface area contributed by atoms with Gasteiger partial charge in [0, 0.05) is 24.2 Å². The van der Waals surface area contributed by atoms with Gasteiger partial charge in [-0.15, -0.1) is 0 Å². The number of aryl methyl sites for hydroxylation is 1. The Kier molecular flexibility index (Phi) is 4.48. The molecule has 0 amide bonds. The van der Waals surface area contributed by atoms with E-state index in [4.69, 9.17) is 0 Å². The number of hydrogen-bond acceptors (Lipinski definition) is 3. The molecule has 4 heteroatoms. The first-order valence-corrected chi connectivity index (χ1v) is 6.60. The molecular formula is C16H18N2O2. The van der Waals surface area contributed by atoms with E-state index in [1.807, 2.05) is 31.2 Å². The van der Waals surface area contributed by atoms with E-state index in [2.05, 4.69) is 17.4 Å². The van der Waals surface area contributed by atoms with Crippen molar-refractivity contribution in [2.24, 2.45) is 0 Å². The van der Waals surface area contributed by atoms with Crippen LogP contribution in [-0.2, 0) is 6.54 Å². The second-order valence-electron chi connectivity index (χ2n) is 4.89. The van der Waals surface area contributed by atoms with E-state index >= 15 is 0 Å². The molecule has 0 aliphatic carbocycles. The third-order valence-electron chi connectivity index (χ3n) is 3.39. The first-order chi connectivity index (χ1) is 9.58. The van der Waals surface area contributed by atoms with Crippen LogP contribution in [0.4, 0.5) is 5.69 Å². The molecule has 2 rings (SSSR count). The molecule has 20 heavy (non-hydrogen) atoms. The van der Waals surface area contributed by atoms with Gasteiger partial charge in [0.1, 0.15) is 0 Å². The summed E-state index contributed by atoms with van der Waals surface area (Å²) < 4.78 is 0. The Morgan fingerprint density at radius 1 is 1.20 bits per heavy atom. The Labute approximate surface area is 118 Å². The molecule has 0 aliphatic rings. The SMILES string of the molecule is Cc1ccc(C(C)NCc2ccccc2)cc1[N+](=O)[O-]. The molecule has 0 aliphatic heterocycles. The topological polar surface area (TPSA) is 55.2 Å². The maximum absolute atomic E-state index is 11.0. The van der Waals surface area contributed by atoms with Gasteiger partial charge in [0.05, 0.1) is 4.92 Å². The summed E-state index contributed by atoms with van der Waals surface area (Å²) in [6, 6.07) is 15.5. The van der Waals surface area contributed by atoms with Crippen LogP contribution in [-0.4, -0.2) is 4.92 Å². The van der Waals surface area contributed by atoms with Gasteiger partial charge in [-0.2, -0.15) is 0 Å². The average molecular weight is 270 g/mol. The molecule has 0 aromatic heterocycles. The highest BCUT2D eigenvalue weighted by Gasteiger charge is 2.14. The predicted molar refractivity (Wildman–Crippen MR) is 79.5 cm³/mol. The maximum atomic E-state index is 11.0. The monoisotopic (exact) mass is 270 g/mol. The predicted octanol–water partition coefficient (Wildman–Crippen LogP) is 3.75. The summed E-state index contributed by atoms with van der Waals surface area (Å²) in [5.41, 5.74) is 2.99. The number of rotatable bonds is 5. The fourth-order valence-electron chi connectivity index (χ4n) is 2.08. The van der Waals surface area contributed by atoms with Crippen LogP contribution in [0.15, 0.2) is 48.5 Å². The number of nitro groups is 1. The van der Waals surface area contributed by atoms with Gasteiger partial charge in [-0.1, -0.05) is 42.5 Å². The molecule has 0 saturated carbocycles. The van der Waals surface area contributed by atoms with Gasteiger partial charge in [-0.05, 0) is 25.0 Å². The van der Waals surface area contributed by atoms with Crippen molar-refractivity contribution in [2.45, 2.75) is 26.4 Å². The van der Waals surface area contributed by atoms with Crippen LogP contribution in [0, 0.1) is 17.0 Å². The minimum absolute atomic E-state index is 0.0644. The molecule has 0 heterocycles. The van der Waals surface area contributed by atoms with Crippen LogP contribution in [0.5, 0.6) is 0 Å². The van der Waals surface area contributed by atoms with E-state index < -0.39 is 0 Å². The zero-order chi connectivity index (χ0) is 14.5. The van der Waals surface area contributed by atoms with Gasteiger partial charge < -0.3 is 5.32 Å². The summed E-state index contributed by atoms with van der Waals surface area (Å²) in [4.78, 5) is 10.6. The highest BCUT2D eigenvalue weighted by Crippen LogP contribution is 2.23. The zero-order valence-corrected chi connectivity index (χ0v) is 11.7. The molecule has 1 atom stereocenters. The van der Waals surface area contributed by atoms with Crippen molar-refractivity contribution < 1.29 is 4.92 Å². The molecule has 0 saturated heterocycles. The molecule has 104 valence electrons. The van der Waals surface area contributed by atoms with Gasteiger partial charge in [0.2, 0.25) is 0 Å². The summed E-state index contributed by atoms with van der Waals surface area (Å²) in [7, 11) is 0. The first kappa shape index (κ1) is 14.2. The van der Waals surface area contributed by atoms with Crippen molar-refractivity contribution in [3.05, 3.63) is 75.3 Å². The van der Waals surface area contributed by atoms with Crippen LogP contribution in [0.1, 0.15) is 29.7 Å². The lowest BCUT2D eigenvalue weighted by Gasteiger charge is -2.14. The molecule has 0 spiro atoms. The van der Waals surface area contributed by atoms with E-state index in [1.54, 1.807) is 19.1 Å². The average Bonchev–Trinajstić information content (AvgIpc) is 2.46. The molecule has 0 bridgehead atoms. The van der Waals surface area contributed by atoms with E-state index in [1.165, 1.54) is 5.56 Å². The lowest BCUT2D eigenvalue weighted by molar-refractivity contribution is -0.385. The lowest BCUT2D eigenvalue weighted by Crippen LogP contribution is -2.18. The third kappa shape index (κ3) is 3.42. The molecule has 0 fully saturated rings. The van der Waals surface area contributed by atoms with E-state index in [0.29, 0.717) is 5.56 Å². The molecule has 4 nitrogen and oxygen atoms in total. The Morgan fingerprint density at radius 2 is 1.90 bits per heavy atom. The second kappa shape index (κ2) is 6.30. The van der Waals surface area contributed by atoms with Crippen LogP contribution < -0.4 is 5.32 Å². The summed E-state index contributed by atoms with van der Waals surface area (Å²) in [5, 5.41) is 14.3. The molecule has 1 unspecified atom stereocenters. The minimum atomic E-state index is -0.331. The van der Waals surface area contributed by atoms with Gasteiger partial charge >= 0.3 is 0 Å². The normalized spacial score (nSPS) is 12.1. The number of benzene rings is 2. The fourth-order valence-corrected chi connectivity index (χ4v) is 2.08. The minimum Gasteiger partial charge on any atom is -0.306 e. The zero-order valence-electron chi connectivity index (χ0n) is 11.7. The van der Waals surface area contributed by atoms with Crippen LogP contribution in [0.25, 0.3) is 0 Å². The molecule has 1 N–H and O–H groups in total. The lowest BCUT2D eigenvalue weighted by atomic mass is 10.0. The van der Waals surface area contributed by atoms with E-state index in [-0.39, 0.29) is 16.7 Å². The number of nitro benzene ring substituents is 1. The van der Waals surface area contributed by atoms with Crippen molar-refractivity contribution in [1.82, 2.24) is 5.32 Å². The van der Waals surface area contributed by atoms with Crippen molar-refractivity contribution in [1.29, 1.82) is 0 Å². The number of nitrogens with one attached hydrogen (secondary N) is 1. The quantitative estimate of drug-likeness (QED) is 0.665. The van der Waals surface area contributed by atoms with E-state index in [0.717, 1.165) is 12.1 Å². The number of hydrogen-bond donors (Lipinski definition) is 1. The van der Waals surface area contributed by atoms with Crippen LogP contribution in [0.2, 0.25) is 0 Å². The Morgan fingerprint density at radius 3 is 2.55 bits per heavy atom. The highest BCUT2D eigenvalue weighted by molar-refractivity contribution is 5.43. The van der Waals surface area contributed by atoms with Crippen molar-refractivity contribution >= 4 is 5.69 Å². The number of nitrogens with zero attached hydrogens (tertiary/aromatic N) is 1. The summed E-state index contributed by atoms with van der Waals surface area (Å²) in [5.74, 6) is 0. The Hall–Kier alpha value is -2.20. The first-order valence-electron chi connectivity index (χ1n) is 6.60. The van der Waals surface area contributed by atoms with Gasteiger partial charge in [-0.25, -0.2) is 0 Å². The molecular weight excluding hydrogens is 252 g/mol. The largest absolute Gasteiger partial charge is 0.306 e. The maximum Gasteiger partial charge on any atom is 0.272 e. The summed E-state index contributed by atoms with van der Waals surface area (Å²) in [6.45, 7) is 4.50. The van der Waals surface area contributed by atoms with Crippen molar-refractivity contribution in [2.75, 3.05) is 0 Å². The van der Waals surface area contributed by atoms with E-state index in [9.17, 15) is 10.1 Å². The van der Waals surface area contributed by atoms with Gasteiger partial charge in [0.15, 0.2) is 0 Å². The van der Waals surface area contributed by atoms with Crippen LogP contribution >= 0.6 is 0 Å². The summed E-state index contributed by atoms with van der Waals surface area (Å²) >= 11 is 0. The van der Waals surface area contributed by atoms with Crippen molar-refractivity contribution in [3.8, 4) is 0 Å². The second-order valence-corrected chi connectivity index (χ2v) is 4.89. The van der Waals surface area contributed by atoms with Crippen LogP contribution in [0.3, 0.4) is 0 Å². The Bertz CT molecular complexity index is 597.